The molecule has 5 heterocycles. The third-order valence-electron chi connectivity index (χ3n) is 8.79. The monoisotopic (exact) mass is 581 g/mol. The predicted molar refractivity (Wildman–Crippen MR) is 158 cm³/mol. The number of aromatic nitrogens is 5. The van der Waals surface area contributed by atoms with Gasteiger partial charge in [0.05, 0.1) is 5.02 Å². The molecule has 0 radical (unpaired) electrons. The summed E-state index contributed by atoms with van der Waals surface area (Å²) in [7, 11) is 0. The molecule has 2 saturated heterocycles. The van der Waals surface area contributed by atoms with E-state index in [1.54, 1.807) is 12.4 Å². The summed E-state index contributed by atoms with van der Waals surface area (Å²) < 4.78 is 0. The number of amides is 1. The fourth-order valence-corrected chi connectivity index (χ4v) is 7.40. The van der Waals surface area contributed by atoms with Crippen LogP contribution in [0.2, 0.25) is 5.02 Å². The number of halogens is 1. The molecule has 1 atom stereocenters. The zero-order chi connectivity index (χ0) is 27.4. The van der Waals surface area contributed by atoms with Gasteiger partial charge in [0.25, 0.3) is 0 Å². The third kappa shape index (κ3) is 6.87. The van der Waals surface area contributed by atoms with E-state index in [1.807, 2.05) is 24.4 Å². The molecule has 3 aliphatic rings. The quantitative estimate of drug-likeness (QED) is 0.385. The molecular formula is C28H36ClN9OS. The van der Waals surface area contributed by atoms with Crippen LogP contribution in [-0.4, -0.2) is 68.4 Å². The van der Waals surface area contributed by atoms with Crippen molar-refractivity contribution < 1.29 is 4.79 Å². The van der Waals surface area contributed by atoms with Crippen molar-refractivity contribution in [3.63, 3.8) is 0 Å². The minimum Gasteiger partial charge on any atom is -0.355 e. The van der Waals surface area contributed by atoms with Gasteiger partial charge in [-0.25, -0.2) is 0 Å². The van der Waals surface area contributed by atoms with Crippen molar-refractivity contribution in [2.75, 3.05) is 41.7 Å². The maximum Gasteiger partial charge on any atom is 0.226 e. The first kappa shape index (κ1) is 27.3. The van der Waals surface area contributed by atoms with Gasteiger partial charge in [0.1, 0.15) is 0 Å². The molecule has 12 heteroatoms. The number of rotatable bonds is 8. The first-order valence-corrected chi connectivity index (χ1v) is 15.5. The maximum absolute atomic E-state index is 12.8. The average Bonchev–Trinajstić information content (AvgIpc) is 3.62. The fourth-order valence-electron chi connectivity index (χ4n) is 6.47. The maximum atomic E-state index is 12.8. The zero-order valence-electron chi connectivity index (χ0n) is 22.6. The Morgan fingerprint density at radius 2 is 1.88 bits per heavy atom. The van der Waals surface area contributed by atoms with E-state index in [0.29, 0.717) is 27.9 Å². The summed E-state index contributed by atoms with van der Waals surface area (Å²) in [6, 6.07) is 6.15. The fraction of sp³-hybridized carbons (Fsp3) is 0.571. The molecule has 0 unspecified atom stereocenters. The lowest BCUT2D eigenvalue weighted by molar-refractivity contribution is -0.117. The van der Waals surface area contributed by atoms with Gasteiger partial charge in [0.2, 0.25) is 16.2 Å². The molecule has 3 fully saturated rings. The third-order valence-corrected chi connectivity index (χ3v) is 9.77. The number of carbonyl (C=O) groups excluding carboxylic acids is 1. The summed E-state index contributed by atoms with van der Waals surface area (Å²) in [6.45, 7) is 4.90. The summed E-state index contributed by atoms with van der Waals surface area (Å²) in [6.07, 6.45) is 14.0. The molecule has 3 aromatic rings. The van der Waals surface area contributed by atoms with Gasteiger partial charge >= 0.3 is 0 Å². The predicted octanol–water partition coefficient (Wildman–Crippen LogP) is 4.87. The van der Waals surface area contributed by atoms with Crippen LogP contribution in [0.15, 0.2) is 36.8 Å². The number of hydrogen-bond donors (Lipinski definition) is 2. The Bertz CT molecular complexity index is 1270. The molecule has 2 N–H and O–H groups in total. The van der Waals surface area contributed by atoms with Crippen LogP contribution in [0.3, 0.4) is 0 Å². The summed E-state index contributed by atoms with van der Waals surface area (Å²) in [5.41, 5.74) is 1.62. The Kier molecular flexibility index (Phi) is 8.40. The minimum absolute atomic E-state index is 0.0447. The van der Waals surface area contributed by atoms with Crippen LogP contribution in [0.1, 0.15) is 56.9 Å². The largest absolute Gasteiger partial charge is 0.355 e. The highest BCUT2D eigenvalue weighted by molar-refractivity contribution is 7.19. The van der Waals surface area contributed by atoms with Gasteiger partial charge in [-0.2, -0.15) is 5.10 Å². The Morgan fingerprint density at radius 3 is 2.65 bits per heavy atom. The minimum atomic E-state index is 0.0447. The average molecular weight is 582 g/mol. The molecule has 3 aromatic heterocycles. The first-order chi connectivity index (χ1) is 19.5. The number of pyridine rings is 1. The summed E-state index contributed by atoms with van der Waals surface area (Å²) in [4.78, 5) is 21.8. The molecular weight excluding hydrogens is 546 g/mol. The van der Waals surface area contributed by atoms with Gasteiger partial charge in [0.15, 0.2) is 5.82 Å². The van der Waals surface area contributed by atoms with Gasteiger partial charge in [-0.05, 0) is 93.1 Å². The van der Waals surface area contributed by atoms with E-state index < -0.39 is 0 Å². The Hall–Kier alpha value is -2.89. The highest BCUT2D eigenvalue weighted by Gasteiger charge is 2.38. The molecule has 0 aromatic carbocycles. The van der Waals surface area contributed by atoms with E-state index in [4.69, 9.17) is 11.6 Å². The van der Waals surface area contributed by atoms with Crippen LogP contribution in [0, 0.1) is 11.3 Å². The van der Waals surface area contributed by atoms with Crippen molar-refractivity contribution in [1.29, 1.82) is 0 Å². The SMILES string of the molecule is O=C(CC1CCC2(CC1)CCN(Cc1cncc(Cl)c1)CC2)Nc1nnc(N[C@@H]2CCN(c3cccnn3)C2)s1. The number of hydrogen-bond acceptors (Lipinski definition) is 10. The van der Waals surface area contributed by atoms with Crippen LogP contribution in [0.4, 0.5) is 16.1 Å². The Labute approximate surface area is 243 Å². The Morgan fingerprint density at radius 1 is 1.05 bits per heavy atom. The van der Waals surface area contributed by atoms with E-state index >= 15 is 0 Å². The molecule has 0 bridgehead atoms. The van der Waals surface area contributed by atoms with Crippen molar-refractivity contribution in [2.24, 2.45) is 11.3 Å². The van der Waals surface area contributed by atoms with Crippen LogP contribution >= 0.6 is 22.9 Å². The number of piperidine rings is 1. The first-order valence-electron chi connectivity index (χ1n) is 14.3. The second kappa shape index (κ2) is 12.3. The second-order valence-electron chi connectivity index (χ2n) is 11.6. The number of likely N-dealkylation sites (tertiary alicyclic amines) is 1. The molecule has 1 aliphatic carbocycles. The lowest BCUT2D eigenvalue weighted by Crippen LogP contribution is -2.41. The van der Waals surface area contributed by atoms with Crippen molar-refractivity contribution in [3.05, 3.63) is 47.4 Å². The Balaban J connectivity index is 0.907. The van der Waals surface area contributed by atoms with Gasteiger partial charge in [-0.3, -0.25) is 14.7 Å². The van der Waals surface area contributed by atoms with Crippen LogP contribution in [0.25, 0.3) is 0 Å². The number of nitrogens with zero attached hydrogens (tertiary/aromatic N) is 7. The summed E-state index contributed by atoms with van der Waals surface area (Å²) in [5, 5.41) is 25.1. The molecule has 10 nitrogen and oxygen atoms in total. The van der Waals surface area contributed by atoms with Crippen molar-refractivity contribution >= 4 is 44.9 Å². The lowest BCUT2D eigenvalue weighted by Gasteiger charge is -2.46. The van der Waals surface area contributed by atoms with Gasteiger partial charge in [-0.1, -0.05) is 22.9 Å². The number of carbonyl (C=O) groups is 1. The van der Waals surface area contributed by atoms with Crippen LogP contribution < -0.4 is 15.5 Å². The topological polar surface area (TPSA) is 112 Å². The summed E-state index contributed by atoms with van der Waals surface area (Å²) in [5.74, 6) is 1.38. The van der Waals surface area contributed by atoms with Crippen LogP contribution in [0.5, 0.6) is 0 Å². The zero-order valence-corrected chi connectivity index (χ0v) is 24.2. The van der Waals surface area contributed by atoms with Crippen molar-refractivity contribution in [1.82, 2.24) is 30.3 Å². The molecule has 40 heavy (non-hydrogen) atoms. The van der Waals surface area contributed by atoms with Gasteiger partial charge in [-0.15, -0.1) is 15.3 Å². The molecule has 212 valence electrons. The van der Waals surface area contributed by atoms with E-state index in [1.165, 1.54) is 42.6 Å². The van der Waals surface area contributed by atoms with E-state index in [9.17, 15) is 4.79 Å². The van der Waals surface area contributed by atoms with E-state index in [0.717, 1.165) is 62.9 Å². The summed E-state index contributed by atoms with van der Waals surface area (Å²) >= 11 is 7.50. The normalized spacial score (nSPS) is 21.5. The van der Waals surface area contributed by atoms with Gasteiger partial charge < -0.3 is 15.5 Å². The number of nitrogens with one attached hydrogen (secondary N) is 2. The lowest BCUT2D eigenvalue weighted by atomic mass is 9.65. The highest BCUT2D eigenvalue weighted by Crippen LogP contribution is 2.47. The smallest absolute Gasteiger partial charge is 0.226 e. The molecule has 1 saturated carbocycles. The second-order valence-corrected chi connectivity index (χ2v) is 13.0. The van der Waals surface area contributed by atoms with Crippen molar-refractivity contribution in [3.8, 4) is 0 Å². The van der Waals surface area contributed by atoms with E-state index in [2.05, 4.69) is 45.8 Å². The van der Waals surface area contributed by atoms with Crippen LogP contribution in [-0.2, 0) is 11.3 Å². The van der Waals surface area contributed by atoms with Gasteiger partial charge in [0, 0.05) is 50.7 Å². The number of anilines is 3. The molecule has 1 spiro atoms. The highest BCUT2D eigenvalue weighted by atomic mass is 35.5. The molecule has 1 amide bonds. The van der Waals surface area contributed by atoms with E-state index in [-0.39, 0.29) is 11.9 Å². The van der Waals surface area contributed by atoms with Crippen molar-refractivity contribution in [2.45, 2.75) is 64.0 Å². The standard InChI is InChI=1S/C28H36ClN9OS/c29-22-14-21(16-30-17-22)18-37-12-8-28(9-13-37)6-3-20(4-7-28)15-25(39)33-27-36-35-26(40-27)32-23-5-11-38(19-23)24-2-1-10-31-34-24/h1-2,10,14,16-17,20,23H,3-9,11-13,15,18-19H2,(H,32,35)(H,33,36,39)/t23-/m1/s1. The molecule has 6 rings (SSSR count). The molecule has 2 aliphatic heterocycles.